The van der Waals surface area contributed by atoms with Gasteiger partial charge in [0.25, 0.3) is 5.91 Å². The summed E-state index contributed by atoms with van der Waals surface area (Å²) in [5, 5.41) is 20.5. The van der Waals surface area contributed by atoms with E-state index < -0.39 is 36.9 Å². The van der Waals surface area contributed by atoms with Crippen molar-refractivity contribution in [2.24, 2.45) is 0 Å². The molecule has 2 aromatic carbocycles. The number of amides is 1. The summed E-state index contributed by atoms with van der Waals surface area (Å²) in [5.41, 5.74) is 0.384. The van der Waals surface area contributed by atoms with Gasteiger partial charge < -0.3 is 15.5 Å². The first-order chi connectivity index (χ1) is 11.4. The average Bonchev–Trinajstić information content (AvgIpc) is 2.58. The molecule has 0 aliphatic rings. The van der Waals surface area contributed by atoms with Crippen molar-refractivity contribution in [3.8, 4) is 11.1 Å². The van der Waals surface area contributed by atoms with E-state index in [-0.39, 0.29) is 5.56 Å². The Kier molecular flexibility index (Phi) is 5.58. The Hall–Kier alpha value is -2.38. The molecular formula is C17H16F3NO3. The number of halogens is 3. The molecule has 2 aromatic rings. The standard InChI is InChI=1S/C17H16F3NO3/c18-17(19,20)12-7-5-11(6-8-12)14-3-1-2-4-15(14)16(24)21-13(9-22)10-23/h1-8,13,22-23H,9-10H2,(H,21,24). The van der Waals surface area contributed by atoms with E-state index in [4.69, 9.17) is 10.2 Å². The quantitative estimate of drug-likeness (QED) is 0.784. The number of carbonyl (C=O) groups is 1. The summed E-state index contributed by atoms with van der Waals surface area (Å²) in [7, 11) is 0. The highest BCUT2D eigenvalue weighted by Crippen LogP contribution is 2.31. The monoisotopic (exact) mass is 339 g/mol. The molecule has 0 bridgehead atoms. The van der Waals surface area contributed by atoms with Gasteiger partial charge in [0, 0.05) is 5.56 Å². The van der Waals surface area contributed by atoms with Gasteiger partial charge >= 0.3 is 6.18 Å². The maximum atomic E-state index is 12.6. The van der Waals surface area contributed by atoms with Crippen molar-refractivity contribution < 1.29 is 28.2 Å². The molecule has 3 N–H and O–H groups in total. The van der Waals surface area contributed by atoms with Gasteiger partial charge in [-0.2, -0.15) is 13.2 Å². The number of alkyl halides is 3. The molecule has 2 rings (SSSR count). The van der Waals surface area contributed by atoms with Crippen LogP contribution in [0.5, 0.6) is 0 Å². The lowest BCUT2D eigenvalue weighted by Gasteiger charge is -2.16. The lowest BCUT2D eigenvalue weighted by molar-refractivity contribution is -0.137. The number of carbonyl (C=O) groups excluding carboxylic acids is 1. The van der Waals surface area contributed by atoms with Gasteiger partial charge in [-0.1, -0.05) is 30.3 Å². The van der Waals surface area contributed by atoms with Gasteiger partial charge in [0.05, 0.1) is 24.8 Å². The lowest BCUT2D eigenvalue weighted by Crippen LogP contribution is -2.40. The Bertz CT molecular complexity index is 695. The third kappa shape index (κ3) is 4.12. The van der Waals surface area contributed by atoms with Crippen molar-refractivity contribution in [3.63, 3.8) is 0 Å². The summed E-state index contributed by atoms with van der Waals surface area (Å²) in [5.74, 6) is -0.529. The molecule has 0 radical (unpaired) electrons. The second-order valence-electron chi connectivity index (χ2n) is 5.16. The number of benzene rings is 2. The van der Waals surface area contributed by atoms with Crippen molar-refractivity contribution in [2.45, 2.75) is 12.2 Å². The Morgan fingerprint density at radius 1 is 1.00 bits per heavy atom. The molecule has 0 aromatic heterocycles. The van der Waals surface area contributed by atoms with Gasteiger partial charge in [-0.25, -0.2) is 0 Å². The van der Waals surface area contributed by atoms with Crippen LogP contribution in [0.2, 0.25) is 0 Å². The second kappa shape index (κ2) is 7.46. The molecule has 0 fully saturated rings. The van der Waals surface area contributed by atoms with Gasteiger partial charge in [-0.05, 0) is 29.3 Å². The lowest BCUT2D eigenvalue weighted by atomic mass is 9.98. The van der Waals surface area contributed by atoms with Crippen LogP contribution >= 0.6 is 0 Å². The molecule has 0 saturated heterocycles. The zero-order chi connectivity index (χ0) is 17.7. The molecule has 0 heterocycles. The van der Waals surface area contributed by atoms with Crippen LogP contribution < -0.4 is 5.32 Å². The summed E-state index contributed by atoms with van der Waals surface area (Å²) in [6.45, 7) is -0.852. The minimum absolute atomic E-state index is 0.240. The third-order valence-electron chi connectivity index (χ3n) is 3.47. The molecule has 24 heavy (non-hydrogen) atoms. The summed E-state index contributed by atoms with van der Waals surface area (Å²) >= 11 is 0. The van der Waals surface area contributed by atoms with Gasteiger partial charge in [0.2, 0.25) is 0 Å². The Labute approximate surface area is 136 Å². The number of hydrogen-bond donors (Lipinski definition) is 3. The van der Waals surface area contributed by atoms with Crippen LogP contribution in [0.1, 0.15) is 15.9 Å². The summed E-state index contributed by atoms with van der Waals surface area (Å²) in [6, 6.07) is 10.1. The molecule has 128 valence electrons. The predicted octanol–water partition coefficient (Wildman–Crippen LogP) is 2.46. The fourth-order valence-electron chi connectivity index (χ4n) is 2.18. The van der Waals surface area contributed by atoms with Gasteiger partial charge in [0.15, 0.2) is 0 Å². The Balaban J connectivity index is 2.33. The van der Waals surface area contributed by atoms with E-state index in [2.05, 4.69) is 5.32 Å². The summed E-state index contributed by atoms with van der Waals surface area (Å²) in [4.78, 5) is 12.3. The second-order valence-corrected chi connectivity index (χ2v) is 5.16. The third-order valence-corrected chi connectivity index (χ3v) is 3.47. The summed E-state index contributed by atoms with van der Waals surface area (Å²) < 4.78 is 37.9. The van der Waals surface area contributed by atoms with Crippen LogP contribution in [-0.2, 0) is 6.18 Å². The van der Waals surface area contributed by atoms with Crippen molar-refractivity contribution in [1.82, 2.24) is 5.32 Å². The molecule has 0 atom stereocenters. The molecule has 4 nitrogen and oxygen atoms in total. The molecule has 0 aliphatic heterocycles. The smallest absolute Gasteiger partial charge is 0.394 e. The highest BCUT2D eigenvalue weighted by molar-refractivity contribution is 6.01. The minimum Gasteiger partial charge on any atom is -0.394 e. The topological polar surface area (TPSA) is 69.6 Å². The van der Waals surface area contributed by atoms with Crippen LogP contribution in [-0.4, -0.2) is 35.4 Å². The largest absolute Gasteiger partial charge is 0.416 e. The van der Waals surface area contributed by atoms with E-state index in [0.717, 1.165) is 12.1 Å². The highest BCUT2D eigenvalue weighted by atomic mass is 19.4. The SMILES string of the molecule is O=C(NC(CO)CO)c1ccccc1-c1ccc(C(F)(F)F)cc1. The maximum absolute atomic E-state index is 12.6. The molecule has 7 heteroatoms. The minimum atomic E-state index is -4.43. The van der Waals surface area contributed by atoms with Crippen LogP contribution in [0.25, 0.3) is 11.1 Å². The maximum Gasteiger partial charge on any atom is 0.416 e. The molecule has 0 unspecified atom stereocenters. The van der Waals surface area contributed by atoms with E-state index in [1.165, 1.54) is 18.2 Å². The number of hydrogen-bond acceptors (Lipinski definition) is 3. The predicted molar refractivity (Wildman–Crippen MR) is 82.3 cm³/mol. The fraction of sp³-hybridized carbons (Fsp3) is 0.235. The molecular weight excluding hydrogens is 323 g/mol. The number of rotatable bonds is 5. The van der Waals surface area contributed by atoms with Crippen molar-refractivity contribution in [1.29, 1.82) is 0 Å². The van der Waals surface area contributed by atoms with Gasteiger partial charge in [0.1, 0.15) is 0 Å². The highest BCUT2D eigenvalue weighted by Gasteiger charge is 2.30. The van der Waals surface area contributed by atoms with E-state index in [0.29, 0.717) is 11.1 Å². The number of aliphatic hydroxyl groups is 2. The normalized spacial score (nSPS) is 11.6. The van der Waals surface area contributed by atoms with Crippen LogP contribution in [0.3, 0.4) is 0 Å². The van der Waals surface area contributed by atoms with Crippen LogP contribution in [0.15, 0.2) is 48.5 Å². The van der Waals surface area contributed by atoms with Crippen LogP contribution in [0.4, 0.5) is 13.2 Å². The molecule has 1 amide bonds. The molecule has 0 spiro atoms. The molecule has 0 saturated carbocycles. The average molecular weight is 339 g/mol. The molecule has 0 aliphatic carbocycles. The van der Waals surface area contributed by atoms with E-state index in [9.17, 15) is 18.0 Å². The number of aliphatic hydroxyl groups excluding tert-OH is 2. The van der Waals surface area contributed by atoms with Crippen molar-refractivity contribution >= 4 is 5.91 Å². The zero-order valence-corrected chi connectivity index (χ0v) is 12.5. The Morgan fingerprint density at radius 3 is 2.12 bits per heavy atom. The van der Waals surface area contributed by atoms with E-state index >= 15 is 0 Å². The first kappa shape index (κ1) is 18.0. The fourth-order valence-corrected chi connectivity index (χ4v) is 2.18. The van der Waals surface area contributed by atoms with Gasteiger partial charge in [-0.3, -0.25) is 4.79 Å². The first-order valence-electron chi connectivity index (χ1n) is 7.16. The van der Waals surface area contributed by atoms with E-state index in [1.54, 1.807) is 18.2 Å². The van der Waals surface area contributed by atoms with Gasteiger partial charge in [-0.15, -0.1) is 0 Å². The van der Waals surface area contributed by atoms with Crippen molar-refractivity contribution in [3.05, 3.63) is 59.7 Å². The van der Waals surface area contributed by atoms with E-state index in [1.807, 2.05) is 0 Å². The van der Waals surface area contributed by atoms with Crippen LogP contribution in [0, 0.1) is 0 Å². The zero-order valence-electron chi connectivity index (χ0n) is 12.5. The number of nitrogens with one attached hydrogen (secondary N) is 1. The Morgan fingerprint density at radius 2 is 1.58 bits per heavy atom. The first-order valence-corrected chi connectivity index (χ1v) is 7.16. The van der Waals surface area contributed by atoms with Crippen molar-refractivity contribution in [2.75, 3.05) is 13.2 Å². The summed E-state index contributed by atoms with van der Waals surface area (Å²) in [6.07, 6.45) is -4.43.